The van der Waals surface area contributed by atoms with Crippen molar-refractivity contribution in [3.8, 4) is 11.3 Å². The number of benzene rings is 1. The van der Waals surface area contributed by atoms with Gasteiger partial charge in [0.25, 0.3) is 0 Å². The zero-order valence-corrected chi connectivity index (χ0v) is 20.8. The van der Waals surface area contributed by atoms with Gasteiger partial charge in [-0.1, -0.05) is 0 Å². The molecule has 1 saturated heterocycles. The Morgan fingerprint density at radius 2 is 1.90 bits per heavy atom. The van der Waals surface area contributed by atoms with Gasteiger partial charge in [0.1, 0.15) is 11.4 Å². The molecule has 3 aromatic heterocycles. The first-order chi connectivity index (χ1) is 18.4. The Labute approximate surface area is 219 Å². The third kappa shape index (κ3) is 4.16. The van der Waals surface area contributed by atoms with Crippen LogP contribution in [0.2, 0.25) is 0 Å². The number of sulfone groups is 1. The molecule has 8 nitrogen and oxygen atoms in total. The molecule has 0 unspecified atom stereocenters. The molecule has 2 fully saturated rings. The minimum absolute atomic E-state index is 0.0408. The number of nitrogens with zero attached hydrogens (tertiary/aromatic N) is 3. The average molecular weight is 561 g/mol. The first-order valence-corrected chi connectivity index (χ1v) is 13.3. The number of likely N-dealkylation sites (tertiary alicyclic amines) is 1. The molecular formula is C26H20F4N4O4S. The molecule has 4 aromatic rings. The molecule has 202 valence electrons. The third-order valence-corrected chi connectivity index (χ3v) is 9.86. The zero-order valence-electron chi connectivity index (χ0n) is 20.0. The Balaban J connectivity index is 1.28. The average Bonchev–Trinajstić information content (AvgIpc) is 3.32. The van der Waals surface area contributed by atoms with Gasteiger partial charge in [-0.15, -0.1) is 0 Å². The van der Waals surface area contributed by atoms with E-state index in [-0.39, 0.29) is 30.1 Å². The van der Waals surface area contributed by atoms with Crippen molar-refractivity contribution in [2.75, 3.05) is 0 Å². The van der Waals surface area contributed by atoms with Gasteiger partial charge in [-0.2, -0.15) is 13.2 Å². The lowest BCUT2D eigenvalue weighted by molar-refractivity contribution is -0.137. The monoisotopic (exact) mass is 560 g/mol. The smallest absolute Gasteiger partial charge is 0.417 e. The van der Waals surface area contributed by atoms with E-state index in [9.17, 15) is 30.8 Å². The van der Waals surface area contributed by atoms with Crippen molar-refractivity contribution in [1.29, 1.82) is 0 Å². The Morgan fingerprint density at radius 1 is 1.10 bits per heavy atom. The summed E-state index contributed by atoms with van der Waals surface area (Å²) < 4.78 is 83.9. The number of amides is 1. The number of alkyl halides is 3. The normalized spacial score (nSPS) is 23.2. The number of nitrogens with two attached hydrogens (primary N) is 1. The Morgan fingerprint density at radius 3 is 2.59 bits per heavy atom. The lowest BCUT2D eigenvalue weighted by atomic mass is 10.1. The van der Waals surface area contributed by atoms with Gasteiger partial charge in [0.15, 0.2) is 0 Å². The van der Waals surface area contributed by atoms with Crippen LogP contribution in [-0.4, -0.2) is 46.0 Å². The van der Waals surface area contributed by atoms with Crippen LogP contribution in [0.25, 0.3) is 22.2 Å². The van der Waals surface area contributed by atoms with Gasteiger partial charge >= 0.3 is 6.18 Å². The number of pyridine rings is 2. The second-order valence-corrected chi connectivity index (χ2v) is 12.0. The van der Waals surface area contributed by atoms with Crippen LogP contribution in [0.3, 0.4) is 0 Å². The van der Waals surface area contributed by atoms with Crippen LogP contribution in [0.1, 0.15) is 24.1 Å². The van der Waals surface area contributed by atoms with Crippen LogP contribution in [0.5, 0.6) is 0 Å². The molecule has 2 aliphatic rings. The van der Waals surface area contributed by atoms with E-state index in [1.54, 1.807) is 17.0 Å². The van der Waals surface area contributed by atoms with E-state index in [1.165, 1.54) is 36.5 Å². The summed E-state index contributed by atoms with van der Waals surface area (Å²) in [6, 6.07) is 8.94. The Bertz CT molecular complexity index is 1720. The summed E-state index contributed by atoms with van der Waals surface area (Å²) in [5.41, 5.74) is 6.26. The molecule has 3 atom stereocenters. The maximum absolute atomic E-state index is 13.7. The second-order valence-electron chi connectivity index (χ2n) is 9.80. The maximum atomic E-state index is 13.7. The van der Waals surface area contributed by atoms with Crippen LogP contribution in [0.4, 0.5) is 17.6 Å². The van der Waals surface area contributed by atoms with Crippen LogP contribution in [0, 0.1) is 5.82 Å². The quantitative estimate of drug-likeness (QED) is 0.353. The van der Waals surface area contributed by atoms with E-state index in [4.69, 9.17) is 10.2 Å². The molecule has 0 bridgehead atoms. The van der Waals surface area contributed by atoms with Crippen molar-refractivity contribution < 1.29 is 35.2 Å². The van der Waals surface area contributed by atoms with Gasteiger partial charge in [-0.3, -0.25) is 19.7 Å². The van der Waals surface area contributed by atoms with Crippen molar-refractivity contribution in [2.45, 2.75) is 47.5 Å². The van der Waals surface area contributed by atoms with Gasteiger partial charge in [0.2, 0.25) is 20.8 Å². The molecule has 1 aromatic carbocycles. The summed E-state index contributed by atoms with van der Waals surface area (Å²) >= 11 is 0. The van der Waals surface area contributed by atoms with E-state index < -0.39 is 50.1 Å². The SMILES string of the molecule is NC(=O)[C@@H]1C[C@@]2(S(=O)(=O)c3cc4cc(F)ccc4o3)C[C@@H]2N1Cc1cc(-c2ccc(C(F)(F)F)cn2)ccn1. The van der Waals surface area contributed by atoms with Gasteiger partial charge in [-0.25, -0.2) is 12.8 Å². The number of hydrogen-bond donors (Lipinski definition) is 1. The van der Waals surface area contributed by atoms with E-state index in [0.717, 1.165) is 12.3 Å². The zero-order chi connectivity index (χ0) is 27.7. The highest BCUT2D eigenvalue weighted by Gasteiger charge is 2.73. The molecule has 2 N–H and O–H groups in total. The summed E-state index contributed by atoms with van der Waals surface area (Å²) in [5.74, 6) is -1.22. The van der Waals surface area contributed by atoms with E-state index >= 15 is 0 Å². The highest BCUT2D eigenvalue weighted by Crippen LogP contribution is 2.59. The van der Waals surface area contributed by atoms with Crippen molar-refractivity contribution in [2.24, 2.45) is 5.73 Å². The molecule has 4 heterocycles. The predicted octanol–water partition coefficient (Wildman–Crippen LogP) is 4.09. The van der Waals surface area contributed by atoms with Crippen molar-refractivity contribution in [1.82, 2.24) is 14.9 Å². The fourth-order valence-corrected chi connectivity index (χ4v) is 7.55. The summed E-state index contributed by atoms with van der Waals surface area (Å²) in [4.78, 5) is 22.3. The van der Waals surface area contributed by atoms with E-state index in [1.807, 2.05) is 0 Å². The molecule has 0 radical (unpaired) electrons. The maximum Gasteiger partial charge on any atom is 0.417 e. The highest BCUT2D eigenvalue weighted by molar-refractivity contribution is 7.93. The number of primary amides is 1. The van der Waals surface area contributed by atoms with Gasteiger partial charge < -0.3 is 10.2 Å². The highest BCUT2D eigenvalue weighted by atomic mass is 32.2. The molecule has 13 heteroatoms. The molecule has 1 aliphatic carbocycles. The number of furan rings is 1. The molecule has 39 heavy (non-hydrogen) atoms. The van der Waals surface area contributed by atoms with Crippen molar-refractivity contribution in [3.05, 3.63) is 78.0 Å². The molecule has 1 amide bonds. The van der Waals surface area contributed by atoms with Crippen LogP contribution in [-0.2, 0) is 27.4 Å². The van der Waals surface area contributed by atoms with Gasteiger partial charge in [0.05, 0.1) is 27.7 Å². The number of hydrogen-bond acceptors (Lipinski definition) is 7. The minimum atomic E-state index is -4.51. The largest absolute Gasteiger partial charge is 0.445 e. The van der Waals surface area contributed by atoms with E-state index in [0.29, 0.717) is 22.3 Å². The van der Waals surface area contributed by atoms with Crippen molar-refractivity contribution >= 4 is 26.7 Å². The fourth-order valence-electron chi connectivity index (χ4n) is 5.42. The third-order valence-electron chi connectivity index (χ3n) is 7.46. The first kappa shape index (κ1) is 25.4. The molecule has 1 aliphatic heterocycles. The molecule has 6 rings (SSSR count). The van der Waals surface area contributed by atoms with Crippen LogP contribution in [0.15, 0.2) is 70.4 Å². The number of piperidine rings is 1. The first-order valence-electron chi connectivity index (χ1n) is 11.9. The number of halogens is 4. The second kappa shape index (κ2) is 8.58. The predicted molar refractivity (Wildman–Crippen MR) is 130 cm³/mol. The Kier molecular flexibility index (Phi) is 5.60. The number of carbonyl (C=O) groups is 1. The standard InChI is InChI=1S/C26H20F4N4O4S/c27-17-2-4-21-15(7-17)9-23(38-21)39(36,37)25-10-20(24(31)35)34(22(25)11-25)13-18-8-14(5-6-32-18)19-3-1-16(12-33-19)26(28,29)30/h1-9,12,20,22H,10-11,13H2,(H2,31,35)/t20-,22-,25+/m0/s1. The minimum Gasteiger partial charge on any atom is -0.445 e. The van der Waals surface area contributed by atoms with Gasteiger partial charge in [0, 0.05) is 42.0 Å². The molecule has 1 saturated carbocycles. The lowest BCUT2D eigenvalue weighted by Crippen LogP contribution is -2.42. The number of aromatic nitrogens is 2. The van der Waals surface area contributed by atoms with Crippen LogP contribution < -0.4 is 5.73 Å². The van der Waals surface area contributed by atoms with Gasteiger partial charge in [-0.05, 0) is 55.3 Å². The van der Waals surface area contributed by atoms with Crippen LogP contribution >= 0.6 is 0 Å². The molecule has 0 spiro atoms. The van der Waals surface area contributed by atoms with E-state index in [2.05, 4.69) is 9.97 Å². The number of fused-ring (bicyclic) bond motifs is 2. The fraction of sp³-hybridized carbons (Fsp3) is 0.269. The Hall–Kier alpha value is -3.84. The lowest BCUT2D eigenvalue weighted by Gasteiger charge is -2.24. The summed E-state index contributed by atoms with van der Waals surface area (Å²) in [5, 5.41) is 0.00513. The summed E-state index contributed by atoms with van der Waals surface area (Å²) in [6.07, 6.45) is -2.10. The van der Waals surface area contributed by atoms with Crippen molar-refractivity contribution in [3.63, 3.8) is 0 Å². The number of carbonyl (C=O) groups excluding carboxylic acids is 1. The molecular weight excluding hydrogens is 540 g/mol. The number of rotatable bonds is 6. The topological polar surface area (TPSA) is 119 Å². The summed E-state index contributed by atoms with van der Waals surface area (Å²) in [7, 11) is -4.06. The summed E-state index contributed by atoms with van der Waals surface area (Å²) in [6.45, 7) is 0.0787.